The van der Waals surface area contributed by atoms with Gasteiger partial charge in [0.25, 0.3) is 5.91 Å². The van der Waals surface area contributed by atoms with Gasteiger partial charge in [-0.15, -0.1) is 5.10 Å². The number of aromatic nitrogens is 3. The largest absolute Gasteiger partial charge is 0.467 e. The summed E-state index contributed by atoms with van der Waals surface area (Å²) in [5.74, 6) is -4.01. The van der Waals surface area contributed by atoms with Gasteiger partial charge in [-0.25, -0.2) is 9.48 Å². The number of rotatable bonds is 12. The first kappa shape index (κ1) is 31.6. The fourth-order valence-corrected chi connectivity index (χ4v) is 4.11. The second-order valence-electron chi connectivity index (χ2n) is 9.40. The summed E-state index contributed by atoms with van der Waals surface area (Å²) in [4.78, 5) is 62.0. The molecule has 39 heavy (non-hydrogen) atoms. The van der Waals surface area contributed by atoms with Crippen LogP contribution in [0.5, 0.6) is 0 Å². The third-order valence-corrected chi connectivity index (χ3v) is 5.60. The molecule has 1 amide bonds. The molecule has 0 saturated carbocycles. The molecule has 1 aliphatic heterocycles. The van der Waals surface area contributed by atoms with Crippen molar-refractivity contribution in [3.8, 4) is 0 Å². The first-order chi connectivity index (χ1) is 18.4. The number of carbonyl (C=O) groups is 5. The van der Waals surface area contributed by atoms with Crippen LogP contribution in [-0.2, 0) is 54.1 Å². The van der Waals surface area contributed by atoms with Crippen molar-refractivity contribution < 1.29 is 52.8 Å². The second-order valence-corrected chi connectivity index (χ2v) is 9.40. The van der Waals surface area contributed by atoms with Crippen molar-refractivity contribution in [3.05, 3.63) is 11.9 Å². The Bertz CT molecular complexity index is 1030. The van der Waals surface area contributed by atoms with E-state index in [2.05, 4.69) is 15.6 Å². The monoisotopic (exact) mass is 556 g/mol. The summed E-state index contributed by atoms with van der Waals surface area (Å²) in [7, 11) is 1.18. The molecule has 0 bridgehead atoms. The van der Waals surface area contributed by atoms with E-state index >= 15 is 0 Å². The number of aryl methyl sites for hydroxylation is 1. The van der Waals surface area contributed by atoms with Crippen molar-refractivity contribution in [1.29, 1.82) is 0 Å². The second kappa shape index (κ2) is 14.5. The van der Waals surface area contributed by atoms with Gasteiger partial charge in [-0.3, -0.25) is 19.2 Å². The molecule has 0 spiro atoms. The maximum absolute atomic E-state index is 13.5. The van der Waals surface area contributed by atoms with Crippen molar-refractivity contribution in [3.63, 3.8) is 0 Å². The number of aliphatic hydroxyl groups is 1. The highest BCUT2D eigenvalue weighted by Crippen LogP contribution is 2.34. The van der Waals surface area contributed by atoms with Crippen LogP contribution >= 0.6 is 0 Å². The fraction of sp³-hybridized carbons (Fsp3) is 0.708. The first-order valence-corrected chi connectivity index (χ1v) is 12.4. The van der Waals surface area contributed by atoms with Crippen molar-refractivity contribution in [2.45, 2.75) is 90.6 Å². The van der Waals surface area contributed by atoms with E-state index in [0.29, 0.717) is 18.5 Å². The van der Waals surface area contributed by atoms with Gasteiger partial charge in [0.05, 0.1) is 19.0 Å². The van der Waals surface area contributed by atoms with Crippen LogP contribution in [-0.4, -0.2) is 94.1 Å². The zero-order valence-corrected chi connectivity index (χ0v) is 22.8. The Morgan fingerprint density at radius 2 is 1.62 bits per heavy atom. The van der Waals surface area contributed by atoms with Gasteiger partial charge < -0.3 is 34.1 Å². The van der Waals surface area contributed by atoms with E-state index in [0.717, 1.165) is 20.8 Å². The lowest BCUT2D eigenvalue weighted by Gasteiger charge is -2.43. The molecule has 1 saturated heterocycles. The van der Waals surface area contributed by atoms with Crippen molar-refractivity contribution in [1.82, 2.24) is 20.3 Å². The summed E-state index contributed by atoms with van der Waals surface area (Å²) in [6.07, 6.45) is -5.04. The van der Waals surface area contributed by atoms with Crippen LogP contribution in [0.25, 0.3) is 0 Å². The number of nitrogens with zero attached hydrogens (tertiary/aromatic N) is 3. The number of carbonyl (C=O) groups excluding carboxylic acids is 5. The van der Waals surface area contributed by atoms with E-state index in [1.165, 1.54) is 18.0 Å². The Morgan fingerprint density at radius 3 is 2.15 bits per heavy atom. The average Bonchev–Trinajstić information content (AvgIpc) is 3.31. The Hall–Kier alpha value is -3.59. The number of esters is 4. The van der Waals surface area contributed by atoms with Gasteiger partial charge >= 0.3 is 23.9 Å². The van der Waals surface area contributed by atoms with Gasteiger partial charge in [-0.1, -0.05) is 19.1 Å². The topological polar surface area (TPSA) is 194 Å². The average molecular weight is 557 g/mol. The zero-order valence-electron chi connectivity index (χ0n) is 22.8. The van der Waals surface area contributed by atoms with Crippen LogP contribution in [0.4, 0.5) is 0 Å². The van der Waals surface area contributed by atoms with Crippen molar-refractivity contribution in [2.75, 3.05) is 13.7 Å². The Labute approximate surface area is 225 Å². The van der Waals surface area contributed by atoms with Crippen LogP contribution in [0.1, 0.15) is 59.4 Å². The number of amides is 1. The minimum Gasteiger partial charge on any atom is -0.467 e. The number of ether oxygens (including phenoxy) is 5. The molecule has 0 unspecified atom stereocenters. The maximum atomic E-state index is 13.5. The number of hydrogen-bond acceptors (Lipinski definition) is 13. The molecule has 15 heteroatoms. The van der Waals surface area contributed by atoms with E-state index in [9.17, 15) is 24.0 Å². The van der Waals surface area contributed by atoms with E-state index in [-0.39, 0.29) is 18.9 Å². The van der Waals surface area contributed by atoms with E-state index in [1.807, 2.05) is 13.8 Å². The molecule has 0 aliphatic carbocycles. The minimum absolute atomic E-state index is 0.00618. The summed E-state index contributed by atoms with van der Waals surface area (Å²) in [5, 5.41) is 19.7. The van der Waals surface area contributed by atoms with E-state index < -0.39 is 66.5 Å². The molecule has 1 aromatic rings. The van der Waals surface area contributed by atoms with Crippen LogP contribution < -0.4 is 5.32 Å². The summed E-state index contributed by atoms with van der Waals surface area (Å²) in [5.41, 5.74) is 0.462. The molecular weight excluding hydrogens is 520 g/mol. The number of hydrogen-bond donors (Lipinski definition) is 2. The zero-order chi connectivity index (χ0) is 29.3. The molecule has 218 valence electrons. The van der Waals surface area contributed by atoms with Gasteiger partial charge in [0.15, 0.2) is 30.6 Å². The third-order valence-electron chi connectivity index (χ3n) is 5.60. The summed E-state index contributed by atoms with van der Waals surface area (Å²) in [6.45, 7) is 6.89. The van der Waals surface area contributed by atoms with Crippen LogP contribution in [0.15, 0.2) is 6.20 Å². The lowest BCUT2D eigenvalue weighted by atomic mass is 9.95. The smallest absolute Gasteiger partial charge is 0.328 e. The Morgan fingerprint density at radius 1 is 1.03 bits per heavy atom. The van der Waals surface area contributed by atoms with Crippen LogP contribution in [0, 0.1) is 5.92 Å². The molecule has 2 heterocycles. The number of nitrogens with one attached hydrogen (secondary N) is 1. The van der Waals surface area contributed by atoms with E-state index in [1.54, 1.807) is 0 Å². The van der Waals surface area contributed by atoms with Crippen molar-refractivity contribution in [2.24, 2.45) is 5.92 Å². The molecule has 6 atom stereocenters. The Balaban J connectivity index is 2.57. The molecule has 1 aromatic heterocycles. The van der Waals surface area contributed by atoms with Gasteiger partial charge in [0.2, 0.25) is 0 Å². The summed E-state index contributed by atoms with van der Waals surface area (Å²) >= 11 is 0. The fourth-order valence-electron chi connectivity index (χ4n) is 4.11. The third kappa shape index (κ3) is 8.99. The normalized spacial score (nSPS) is 23.4. The maximum Gasteiger partial charge on any atom is 0.328 e. The van der Waals surface area contributed by atoms with Crippen molar-refractivity contribution >= 4 is 29.8 Å². The van der Waals surface area contributed by atoms with E-state index in [4.69, 9.17) is 28.8 Å². The standard InChI is InChI=1S/C24H36N4O11/c1-12(2)10-17(24(34)35-6)25-22(33)20-18(36-13(3)30)19(37-14(4)31)21(38-15(5)32)23(39-20)28-11-16(26-27-28)8-7-9-29/h11-12,17-21,23,29H,7-10H2,1-6H3,(H,25,33)/t17-,18+,19-,20-,21+,23+/m0/s1. The molecule has 15 nitrogen and oxygen atoms in total. The molecular formula is C24H36N4O11. The molecule has 2 rings (SSSR count). The lowest BCUT2D eigenvalue weighted by molar-refractivity contribution is -0.261. The first-order valence-electron chi connectivity index (χ1n) is 12.4. The predicted molar refractivity (Wildman–Crippen MR) is 129 cm³/mol. The SMILES string of the molecule is COC(=O)[C@H](CC(C)C)NC(=O)[C@H]1O[C@@H](n2cc(CCCO)nn2)[C@H](OC(C)=O)[C@@H](OC(C)=O)[C@H]1OC(C)=O. The Kier molecular flexibility index (Phi) is 11.8. The highest BCUT2D eigenvalue weighted by molar-refractivity contribution is 5.88. The van der Waals surface area contributed by atoms with Gasteiger partial charge in [0, 0.05) is 27.4 Å². The predicted octanol–water partition coefficient (Wildman–Crippen LogP) is -0.401. The minimum atomic E-state index is -1.64. The molecule has 0 aromatic carbocycles. The lowest BCUT2D eigenvalue weighted by Crippen LogP contribution is -2.64. The molecule has 2 N–H and O–H groups in total. The highest BCUT2D eigenvalue weighted by Gasteiger charge is 2.55. The number of methoxy groups -OCH3 is 1. The van der Waals surface area contributed by atoms with Crippen LogP contribution in [0.3, 0.4) is 0 Å². The molecule has 1 aliphatic rings. The quantitative estimate of drug-likeness (QED) is 0.250. The number of aliphatic hydroxyl groups excluding tert-OH is 1. The molecule has 0 radical (unpaired) electrons. The summed E-state index contributed by atoms with van der Waals surface area (Å²) in [6, 6.07) is -1.06. The highest BCUT2D eigenvalue weighted by atomic mass is 16.7. The van der Waals surface area contributed by atoms with Gasteiger partial charge in [-0.2, -0.15) is 0 Å². The van der Waals surface area contributed by atoms with Gasteiger partial charge in [0.1, 0.15) is 6.04 Å². The summed E-state index contributed by atoms with van der Waals surface area (Å²) < 4.78 is 28.2. The van der Waals surface area contributed by atoms with Crippen LogP contribution in [0.2, 0.25) is 0 Å². The van der Waals surface area contributed by atoms with Gasteiger partial charge in [-0.05, 0) is 25.2 Å². The molecule has 1 fully saturated rings.